The van der Waals surface area contributed by atoms with Gasteiger partial charge in [-0.25, -0.2) is 0 Å². The van der Waals surface area contributed by atoms with Crippen LogP contribution >= 0.6 is 0 Å². The van der Waals surface area contributed by atoms with Crippen molar-refractivity contribution in [1.82, 2.24) is 4.90 Å². The average molecular weight is 376 g/mol. The van der Waals surface area contributed by atoms with Gasteiger partial charge in [-0.3, -0.25) is 9.59 Å². The lowest BCUT2D eigenvalue weighted by molar-refractivity contribution is -0.173. The number of fused-ring (bicyclic) bond motifs is 4. The molecule has 0 saturated carbocycles. The minimum Gasteiger partial charge on any atom is -0.468 e. The largest absolute Gasteiger partial charge is 0.468 e. The van der Waals surface area contributed by atoms with Crippen molar-refractivity contribution >= 4 is 17.5 Å². The number of carbonyl (C=O) groups excluding carboxylic acids is 2. The number of hydrogen-bond acceptors (Lipinski definition) is 3. The highest BCUT2D eigenvalue weighted by Crippen LogP contribution is 2.50. The molecule has 0 aliphatic carbocycles. The molecule has 2 aromatic rings. The van der Waals surface area contributed by atoms with Crippen LogP contribution in [0.3, 0.4) is 0 Å². The minimum absolute atomic E-state index is 0.224. The van der Waals surface area contributed by atoms with E-state index in [1.165, 1.54) is 0 Å². The van der Waals surface area contributed by atoms with Crippen molar-refractivity contribution in [2.24, 2.45) is 5.92 Å². The molecular formula is C23H24N2O3. The van der Waals surface area contributed by atoms with Crippen LogP contribution in [0.15, 0.2) is 61.2 Å². The van der Waals surface area contributed by atoms with Gasteiger partial charge in [0.15, 0.2) is 5.72 Å². The monoisotopic (exact) mass is 376 g/mol. The van der Waals surface area contributed by atoms with Crippen molar-refractivity contribution in [3.63, 3.8) is 0 Å². The third-order valence-electron chi connectivity index (χ3n) is 5.63. The van der Waals surface area contributed by atoms with E-state index < -0.39 is 11.6 Å². The first-order valence-electron chi connectivity index (χ1n) is 9.51. The molecule has 2 heterocycles. The summed E-state index contributed by atoms with van der Waals surface area (Å²) in [4.78, 5) is 28.2. The minimum atomic E-state index is -0.807. The summed E-state index contributed by atoms with van der Waals surface area (Å²) in [6.07, 6.45) is 2.23. The second-order valence-corrected chi connectivity index (χ2v) is 7.70. The van der Waals surface area contributed by atoms with E-state index in [2.05, 4.69) is 11.9 Å². The Morgan fingerprint density at radius 2 is 2.11 bits per heavy atom. The number of carbonyl (C=O) groups is 2. The summed E-state index contributed by atoms with van der Waals surface area (Å²) in [6, 6.07) is 15.3. The smallest absolute Gasteiger partial charge is 0.239 e. The van der Waals surface area contributed by atoms with E-state index in [0.29, 0.717) is 18.7 Å². The molecule has 0 radical (unpaired) electrons. The molecule has 0 spiro atoms. The van der Waals surface area contributed by atoms with E-state index in [0.717, 1.165) is 16.9 Å². The number of ether oxygens (including phenoxy) is 1. The van der Waals surface area contributed by atoms with Crippen LogP contribution in [0.4, 0.5) is 5.69 Å². The van der Waals surface area contributed by atoms with Gasteiger partial charge >= 0.3 is 0 Å². The maximum Gasteiger partial charge on any atom is 0.239 e. The molecule has 3 unspecified atom stereocenters. The van der Waals surface area contributed by atoms with E-state index in [1.807, 2.05) is 62.4 Å². The molecule has 5 nitrogen and oxygen atoms in total. The van der Waals surface area contributed by atoms with Crippen LogP contribution in [-0.4, -0.2) is 29.0 Å². The second kappa shape index (κ2) is 6.82. The number of rotatable bonds is 4. The summed E-state index contributed by atoms with van der Waals surface area (Å²) in [5.41, 5.74) is 1.87. The van der Waals surface area contributed by atoms with Crippen LogP contribution < -0.4 is 10.1 Å². The maximum absolute atomic E-state index is 13.4. The average Bonchev–Trinajstić information content (AvgIpc) is 2.65. The Morgan fingerprint density at radius 3 is 2.86 bits per heavy atom. The van der Waals surface area contributed by atoms with Crippen LogP contribution in [0.25, 0.3) is 0 Å². The number of aryl methyl sites for hydroxylation is 1. The van der Waals surface area contributed by atoms with Crippen molar-refractivity contribution in [1.29, 1.82) is 0 Å². The zero-order chi connectivity index (χ0) is 19.9. The SMILES string of the molecule is C=CCN1C(=O)C(C(=O)Nc2cccc(C)c2)C2CC1(C)Oc1ccccc12. The number of amides is 2. The van der Waals surface area contributed by atoms with Gasteiger partial charge in [0.25, 0.3) is 0 Å². The Labute approximate surface area is 165 Å². The van der Waals surface area contributed by atoms with Gasteiger partial charge < -0.3 is 15.0 Å². The Hall–Kier alpha value is -3.08. The molecule has 3 atom stereocenters. The van der Waals surface area contributed by atoms with E-state index in [1.54, 1.807) is 11.0 Å². The summed E-state index contributed by atoms with van der Waals surface area (Å²) < 4.78 is 6.21. The third kappa shape index (κ3) is 2.97. The molecule has 144 valence electrons. The van der Waals surface area contributed by atoms with Crippen molar-refractivity contribution in [2.75, 3.05) is 11.9 Å². The number of hydrogen-bond donors (Lipinski definition) is 1. The molecule has 2 aromatic carbocycles. The van der Waals surface area contributed by atoms with Crippen LogP contribution in [0.5, 0.6) is 5.75 Å². The highest BCUT2D eigenvalue weighted by molar-refractivity contribution is 6.08. The number of nitrogens with one attached hydrogen (secondary N) is 1. The molecule has 2 bridgehead atoms. The van der Waals surface area contributed by atoms with Crippen molar-refractivity contribution in [3.05, 3.63) is 72.3 Å². The fraction of sp³-hybridized carbons (Fsp3) is 0.304. The topological polar surface area (TPSA) is 58.6 Å². The fourth-order valence-corrected chi connectivity index (χ4v) is 4.36. The number of anilines is 1. The van der Waals surface area contributed by atoms with Crippen molar-refractivity contribution < 1.29 is 14.3 Å². The Morgan fingerprint density at radius 1 is 1.32 bits per heavy atom. The molecule has 1 fully saturated rings. The highest BCUT2D eigenvalue weighted by atomic mass is 16.5. The number of benzene rings is 2. The third-order valence-corrected chi connectivity index (χ3v) is 5.63. The molecule has 5 heteroatoms. The summed E-state index contributed by atoms with van der Waals surface area (Å²) in [7, 11) is 0. The lowest BCUT2D eigenvalue weighted by atomic mass is 9.73. The van der Waals surface area contributed by atoms with Gasteiger partial charge in [0.2, 0.25) is 11.8 Å². The molecule has 2 aliphatic heterocycles. The first-order chi connectivity index (χ1) is 13.4. The molecular weight excluding hydrogens is 352 g/mol. The molecule has 4 rings (SSSR count). The van der Waals surface area contributed by atoms with Gasteiger partial charge in [0.05, 0.1) is 0 Å². The quantitative estimate of drug-likeness (QED) is 0.651. The van der Waals surface area contributed by atoms with Gasteiger partial charge in [-0.1, -0.05) is 36.4 Å². The Bertz CT molecular complexity index is 954. The van der Waals surface area contributed by atoms with Gasteiger partial charge in [-0.15, -0.1) is 6.58 Å². The molecule has 2 amide bonds. The number of para-hydroxylation sites is 1. The predicted octanol–water partition coefficient (Wildman–Crippen LogP) is 3.86. The van der Waals surface area contributed by atoms with Crippen LogP contribution in [0, 0.1) is 12.8 Å². The van der Waals surface area contributed by atoms with Crippen molar-refractivity contribution in [3.8, 4) is 5.75 Å². The number of piperidine rings is 1. The zero-order valence-corrected chi connectivity index (χ0v) is 16.1. The van der Waals surface area contributed by atoms with E-state index in [4.69, 9.17) is 4.74 Å². The standard InChI is InChI=1S/C23H24N2O3/c1-4-12-25-22(27)20(21(26)24-16-9-7-8-15(2)13-16)18-14-23(25,3)28-19-11-6-5-10-17(18)19/h4-11,13,18,20H,1,12,14H2,2-3H3,(H,24,26). The molecule has 28 heavy (non-hydrogen) atoms. The van der Waals surface area contributed by atoms with Gasteiger partial charge in [-0.2, -0.15) is 0 Å². The van der Waals surface area contributed by atoms with Crippen LogP contribution in [0.1, 0.15) is 30.4 Å². The molecule has 1 N–H and O–H groups in total. The lowest BCUT2D eigenvalue weighted by Gasteiger charge is -2.52. The summed E-state index contributed by atoms with van der Waals surface area (Å²) in [5.74, 6) is -0.810. The lowest BCUT2D eigenvalue weighted by Crippen LogP contribution is -2.64. The Kier molecular flexibility index (Phi) is 4.46. The maximum atomic E-state index is 13.4. The highest BCUT2D eigenvalue weighted by Gasteiger charge is 2.55. The van der Waals surface area contributed by atoms with Gasteiger partial charge in [-0.05, 0) is 43.2 Å². The first-order valence-corrected chi connectivity index (χ1v) is 9.51. The summed E-state index contributed by atoms with van der Waals surface area (Å²) in [6.45, 7) is 7.97. The fourth-order valence-electron chi connectivity index (χ4n) is 4.36. The van der Waals surface area contributed by atoms with Crippen LogP contribution in [0.2, 0.25) is 0 Å². The molecule has 2 aliphatic rings. The summed E-state index contributed by atoms with van der Waals surface area (Å²) >= 11 is 0. The van der Waals surface area contributed by atoms with E-state index in [-0.39, 0.29) is 17.7 Å². The zero-order valence-electron chi connectivity index (χ0n) is 16.1. The van der Waals surface area contributed by atoms with Gasteiger partial charge in [0.1, 0.15) is 11.7 Å². The number of likely N-dealkylation sites (tertiary alicyclic amines) is 1. The Balaban J connectivity index is 1.74. The second-order valence-electron chi connectivity index (χ2n) is 7.70. The molecule has 1 saturated heterocycles. The normalized spacial score (nSPS) is 25.5. The summed E-state index contributed by atoms with van der Waals surface area (Å²) in [5, 5.41) is 2.94. The number of nitrogens with zero attached hydrogens (tertiary/aromatic N) is 1. The molecule has 0 aromatic heterocycles. The van der Waals surface area contributed by atoms with E-state index >= 15 is 0 Å². The van der Waals surface area contributed by atoms with Crippen LogP contribution in [-0.2, 0) is 9.59 Å². The predicted molar refractivity (Wildman–Crippen MR) is 108 cm³/mol. The van der Waals surface area contributed by atoms with Crippen molar-refractivity contribution in [2.45, 2.75) is 31.9 Å². The van der Waals surface area contributed by atoms with E-state index in [9.17, 15) is 9.59 Å². The van der Waals surface area contributed by atoms with Gasteiger partial charge in [0, 0.05) is 24.6 Å². The first kappa shape index (κ1) is 18.3.